The predicted molar refractivity (Wildman–Crippen MR) is 177 cm³/mol. The van der Waals surface area contributed by atoms with Crippen LogP contribution in [0, 0.1) is 10.8 Å². The van der Waals surface area contributed by atoms with Crippen molar-refractivity contribution in [3.8, 4) is 0 Å². The predicted octanol–water partition coefficient (Wildman–Crippen LogP) is 8.68. The molecule has 5 rings (SSSR count). The largest absolute Gasteiger partial charge is 0.338 e. The quantitative estimate of drug-likeness (QED) is 0.337. The number of aliphatic imine (C=N–C) groups is 2. The van der Waals surface area contributed by atoms with E-state index in [9.17, 15) is 0 Å². The molecule has 6 nitrogen and oxygen atoms in total. The van der Waals surface area contributed by atoms with E-state index in [1.807, 2.05) is 0 Å². The number of rotatable bonds is 0. The number of nitrogens with one attached hydrogen (secondary N) is 2. The molecule has 2 aromatic heterocycles. The average Bonchev–Trinajstić information content (AvgIpc) is 2.85. The molecule has 5 heterocycles. The monoisotopic (exact) mass is 562 g/mol. The molecule has 2 aromatic rings. The Labute approximate surface area is 252 Å². The van der Waals surface area contributed by atoms with Crippen molar-refractivity contribution in [3.05, 3.63) is 82.2 Å². The van der Waals surface area contributed by atoms with Crippen LogP contribution >= 0.6 is 0 Å². The highest BCUT2D eigenvalue weighted by atomic mass is 15.1. The first-order chi connectivity index (χ1) is 19.3. The van der Waals surface area contributed by atoms with E-state index in [4.69, 9.17) is 20.0 Å². The van der Waals surface area contributed by atoms with Gasteiger partial charge in [0.05, 0.1) is 22.8 Å². The lowest BCUT2D eigenvalue weighted by Gasteiger charge is -2.28. The van der Waals surface area contributed by atoms with E-state index in [-0.39, 0.29) is 21.7 Å². The van der Waals surface area contributed by atoms with Gasteiger partial charge in [-0.25, -0.2) is 20.0 Å². The molecule has 0 unspecified atom stereocenters. The molecule has 42 heavy (non-hydrogen) atoms. The molecule has 8 bridgehead atoms. The van der Waals surface area contributed by atoms with Crippen molar-refractivity contribution in [3.63, 3.8) is 0 Å². The molecule has 3 aliphatic rings. The smallest absolute Gasteiger partial charge is 0.155 e. The first-order valence-corrected chi connectivity index (χ1v) is 14.9. The molecule has 6 heteroatoms. The summed E-state index contributed by atoms with van der Waals surface area (Å²) in [6, 6.07) is 8.54. The highest BCUT2D eigenvalue weighted by molar-refractivity contribution is 6.05. The SMILES string of the molecule is CC(C)(C)C1=CC2=Nc3cc(C(C)(C)C)cc(n3)C3=CC(C(C)(C)C)=CC(=Nc4cc(C(C)(C)C)cc(n4)C(=C1)N2)N3. The van der Waals surface area contributed by atoms with Gasteiger partial charge in [-0.15, -0.1) is 0 Å². The average molecular weight is 563 g/mol. The minimum atomic E-state index is -0.0882. The maximum Gasteiger partial charge on any atom is 0.155 e. The van der Waals surface area contributed by atoms with Crippen molar-refractivity contribution >= 4 is 34.7 Å². The van der Waals surface area contributed by atoms with Gasteiger partial charge >= 0.3 is 0 Å². The minimum Gasteiger partial charge on any atom is -0.338 e. The fourth-order valence-electron chi connectivity index (χ4n) is 4.91. The zero-order chi connectivity index (χ0) is 30.8. The van der Waals surface area contributed by atoms with Gasteiger partial charge in [0.1, 0.15) is 11.7 Å². The number of aromatic nitrogens is 2. The maximum atomic E-state index is 5.11. The minimum absolute atomic E-state index is 0.0873. The lowest BCUT2D eigenvalue weighted by atomic mass is 9.83. The van der Waals surface area contributed by atoms with Crippen molar-refractivity contribution in [2.45, 2.75) is 93.9 Å². The third kappa shape index (κ3) is 6.33. The first kappa shape index (κ1) is 29.7. The van der Waals surface area contributed by atoms with Crippen molar-refractivity contribution in [1.29, 1.82) is 0 Å². The molecule has 0 aromatic carbocycles. The number of hydrogen-bond acceptors (Lipinski definition) is 6. The number of allylic oxidation sites excluding steroid dienone is 4. The third-order valence-electron chi connectivity index (χ3n) is 7.82. The van der Waals surface area contributed by atoms with Gasteiger partial charge in [0.2, 0.25) is 0 Å². The number of nitrogens with zero attached hydrogens (tertiary/aromatic N) is 4. The third-order valence-corrected chi connectivity index (χ3v) is 7.82. The molecule has 0 saturated carbocycles. The second-order valence-corrected chi connectivity index (χ2v) is 15.8. The van der Waals surface area contributed by atoms with Gasteiger partial charge in [-0.3, -0.25) is 0 Å². The van der Waals surface area contributed by atoms with Crippen LogP contribution in [0.5, 0.6) is 0 Å². The number of pyridine rings is 2. The Morgan fingerprint density at radius 3 is 1.12 bits per heavy atom. The fraction of sp³-hybridized carbons (Fsp3) is 0.444. The van der Waals surface area contributed by atoms with Gasteiger partial charge < -0.3 is 10.6 Å². The van der Waals surface area contributed by atoms with Gasteiger partial charge in [-0.1, -0.05) is 83.1 Å². The Morgan fingerprint density at radius 1 is 0.452 bits per heavy atom. The fourth-order valence-corrected chi connectivity index (χ4v) is 4.91. The first-order valence-electron chi connectivity index (χ1n) is 14.9. The van der Waals surface area contributed by atoms with E-state index < -0.39 is 0 Å². The van der Waals surface area contributed by atoms with E-state index in [2.05, 4.69) is 142 Å². The molecule has 0 atom stereocenters. The summed E-state index contributed by atoms with van der Waals surface area (Å²) in [6.07, 6.45) is 8.64. The van der Waals surface area contributed by atoms with Crippen LogP contribution < -0.4 is 10.6 Å². The molecule has 0 radical (unpaired) electrons. The summed E-state index contributed by atoms with van der Waals surface area (Å²) in [5, 5.41) is 7.17. The van der Waals surface area contributed by atoms with Crippen molar-refractivity contribution in [2.75, 3.05) is 0 Å². The topological polar surface area (TPSA) is 74.6 Å². The van der Waals surface area contributed by atoms with Crippen molar-refractivity contribution < 1.29 is 0 Å². The Balaban J connectivity index is 1.86. The number of dihydropyridines is 2. The molecular weight excluding hydrogens is 516 g/mol. The van der Waals surface area contributed by atoms with Crippen molar-refractivity contribution in [2.24, 2.45) is 20.8 Å². The van der Waals surface area contributed by atoms with Crippen LogP contribution in [0.2, 0.25) is 0 Å². The zero-order valence-corrected chi connectivity index (χ0v) is 27.4. The molecule has 0 amide bonds. The lowest BCUT2D eigenvalue weighted by Crippen LogP contribution is -2.28. The van der Waals surface area contributed by atoms with E-state index in [0.717, 1.165) is 34.5 Å². The van der Waals surface area contributed by atoms with Gasteiger partial charge in [0.25, 0.3) is 0 Å². The summed E-state index contributed by atoms with van der Waals surface area (Å²) in [4.78, 5) is 20.4. The van der Waals surface area contributed by atoms with Crippen LogP contribution in [-0.4, -0.2) is 21.6 Å². The molecule has 0 aliphatic carbocycles. The summed E-state index contributed by atoms with van der Waals surface area (Å²) in [6.45, 7) is 26.7. The van der Waals surface area contributed by atoms with E-state index in [1.54, 1.807) is 0 Å². The molecule has 2 N–H and O–H groups in total. The van der Waals surface area contributed by atoms with Crippen LogP contribution in [-0.2, 0) is 10.8 Å². The summed E-state index contributed by atoms with van der Waals surface area (Å²) >= 11 is 0. The zero-order valence-electron chi connectivity index (χ0n) is 27.4. The molecule has 3 aliphatic heterocycles. The highest BCUT2D eigenvalue weighted by Crippen LogP contribution is 2.36. The van der Waals surface area contributed by atoms with Crippen molar-refractivity contribution in [1.82, 2.24) is 20.6 Å². The van der Waals surface area contributed by atoms with Gasteiger partial charge in [-0.05, 0) is 92.5 Å². The van der Waals surface area contributed by atoms with E-state index in [1.165, 1.54) is 22.3 Å². The Hall–Kier alpha value is -3.80. The summed E-state index contributed by atoms with van der Waals surface area (Å²) in [5.74, 6) is 2.81. The molecule has 0 fully saturated rings. The second-order valence-electron chi connectivity index (χ2n) is 15.8. The number of amidine groups is 2. The Kier molecular flexibility index (Phi) is 6.99. The maximum absolute atomic E-state index is 5.11. The van der Waals surface area contributed by atoms with Gasteiger partial charge in [-0.2, -0.15) is 0 Å². The highest BCUT2D eigenvalue weighted by Gasteiger charge is 2.27. The van der Waals surface area contributed by atoms with Crippen LogP contribution in [0.4, 0.5) is 11.6 Å². The van der Waals surface area contributed by atoms with Gasteiger partial charge in [0.15, 0.2) is 11.6 Å². The summed E-state index contributed by atoms with van der Waals surface area (Å²) < 4.78 is 0. The molecule has 0 spiro atoms. The second kappa shape index (κ2) is 9.89. The lowest BCUT2D eigenvalue weighted by molar-refractivity contribution is 0.516. The van der Waals surface area contributed by atoms with E-state index >= 15 is 0 Å². The molecule has 0 saturated heterocycles. The van der Waals surface area contributed by atoms with Crippen LogP contribution in [0.3, 0.4) is 0 Å². The summed E-state index contributed by atoms with van der Waals surface area (Å²) in [5.41, 5.74) is 7.81. The van der Waals surface area contributed by atoms with Gasteiger partial charge in [0, 0.05) is 0 Å². The standard InChI is InChI=1S/C36H46N6/c1-33(2,3)21-13-25-26-14-22(34(4,5)6)19-31(38-26)42-32-20-24(36(10,11)12)16-28(40-32)27-15-23(35(7,8)9)18-30(39-27)41-29(17-21)37-25/h13-20H,1-12H3,(H,37,39,41)(H,38,40,42). The van der Waals surface area contributed by atoms with Crippen LogP contribution in [0.25, 0.3) is 11.4 Å². The summed E-state index contributed by atoms with van der Waals surface area (Å²) in [7, 11) is 0. The Bertz CT molecular complexity index is 1510. The van der Waals surface area contributed by atoms with Crippen LogP contribution in [0.1, 0.15) is 106 Å². The molecule has 220 valence electrons. The normalized spacial score (nSPS) is 17.3. The molecular formula is C36H46N6. The Morgan fingerprint density at radius 2 is 0.810 bits per heavy atom. The van der Waals surface area contributed by atoms with E-state index in [0.29, 0.717) is 11.6 Å². The van der Waals surface area contributed by atoms with Crippen LogP contribution in [0.15, 0.2) is 69.7 Å². The number of fused-ring (bicyclic) bond motifs is 10. The number of hydrogen-bond donors (Lipinski definition) is 2.